The second-order valence-corrected chi connectivity index (χ2v) is 3.84. The maximum atomic E-state index is 4.13. The Kier molecular flexibility index (Phi) is 2.17. The van der Waals surface area contributed by atoms with Crippen molar-refractivity contribution in [1.82, 2.24) is 35.1 Å². The summed E-state index contributed by atoms with van der Waals surface area (Å²) in [7, 11) is 0. The van der Waals surface area contributed by atoms with Crippen molar-refractivity contribution in [3.63, 3.8) is 0 Å². The molecule has 0 saturated carbocycles. The van der Waals surface area contributed by atoms with E-state index in [1.165, 1.54) is 0 Å². The Labute approximate surface area is 92.5 Å². The number of hydrogen-bond acceptors (Lipinski definition) is 5. The molecule has 1 saturated heterocycles. The minimum atomic E-state index is 0.430. The predicted molar refractivity (Wildman–Crippen MR) is 56.6 cm³/mol. The smallest absolute Gasteiger partial charge is 0.185 e. The summed E-state index contributed by atoms with van der Waals surface area (Å²) in [5, 5.41) is 19.4. The first kappa shape index (κ1) is 9.46. The Morgan fingerprint density at radius 3 is 3.00 bits per heavy atom. The van der Waals surface area contributed by atoms with E-state index >= 15 is 0 Å². The molecule has 0 radical (unpaired) electrons. The molecule has 0 amide bonds. The van der Waals surface area contributed by atoms with Crippen LogP contribution in [-0.4, -0.2) is 42.8 Å². The molecule has 1 fully saturated rings. The van der Waals surface area contributed by atoms with E-state index in [-0.39, 0.29) is 0 Å². The van der Waals surface area contributed by atoms with Crippen LogP contribution in [-0.2, 0) is 6.54 Å². The molecule has 0 aromatic carbocycles. The minimum absolute atomic E-state index is 0.430. The largest absolute Gasteiger partial charge is 0.312 e. The lowest BCUT2D eigenvalue weighted by atomic mass is 10.2. The van der Waals surface area contributed by atoms with Crippen LogP contribution in [0.4, 0.5) is 0 Å². The van der Waals surface area contributed by atoms with Gasteiger partial charge in [-0.2, -0.15) is 0 Å². The lowest BCUT2D eigenvalue weighted by Crippen LogP contribution is -2.43. The van der Waals surface area contributed by atoms with E-state index < -0.39 is 0 Å². The van der Waals surface area contributed by atoms with Gasteiger partial charge in [-0.3, -0.25) is 0 Å². The SMILES string of the molecule is CCn1cnnc1-c1cn(C2CNC2)nn1. The molecule has 7 nitrogen and oxygen atoms in total. The van der Waals surface area contributed by atoms with E-state index in [0.29, 0.717) is 6.04 Å². The van der Waals surface area contributed by atoms with Gasteiger partial charge < -0.3 is 9.88 Å². The third-order valence-electron chi connectivity index (χ3n) is 2.83. The van der Waals surface area contributed by atoms with E-state index in [2.05, 4.69) is 25.8 Å². The van der Waals surface area contributed by atoms with Crippen LogP contribution in [0, 0.1) is 0 Å². The normalized spacial score (nSPS) is 16.3. The van der Waals surface area contributed by atoms with Gasteiger partial charge in [0.15, 0.2) is 11.5 Å². The van der Waals surface area contributed by atoms with Crippen molar-refractivity contribution in [2.75, 3.05) is 13.1 Å². The Bertz CT molecular complexity index is 482. The fraction of sp³-hybridized carbons (Fsp3) is 0.556. The quantitative estimate of drug-likeness (QED) is 0.767. The Balaban J connectivity index is 1.91. The molecule has 0 atom stereocenters. The topological polar surface area (TPSA) is 73.5 Å². The summed E-state index contributed by atoms with van der Waals surface area (Å²) < 4.78 is 3.84. The van der Waals surface area contributed by atoms with E-state index in [0.717, 1.165) is 31.2 Å². The van der Waals surface area contributed by atoms with Gasteiger partial charge in [-0.25, -0.2) is 4.68 Å². The second-order valence-electron chi connectivity index (χ2n) is 3.84. The number of rotatable bonds is 3. The molecule has 3 rings (SSSR count). The summed E-state index contributed by atoms with van der Waals surface area (Å²) in [6.07, 6.45) is 3.64. The van der Waals surface area contributed by atoms with Crippen LogP contribution >= 0.6 is 0 Å². The molecule has 0 aliphatic carbocycles. The lowest BCUT2D eigenvalue weighted by Gasteiger charge is -2.26. The van der Waals surface area contributed by atoms with E-state index in [9.17, 15) is 0 Å². The number of nitrogens with one attached hydrogen (secondary N) is 1. The molecule has 0 bridgehead atoms. The molecule has 3 heterocycles. The van der Waals surface area contributed by atoms with Crippen molar-refractivity contribution < 1.29 is 0 Å². The van der Waals surface area contributed by atoms with Crippen LogP contribution in [0.2, 0.25) is 0 Å². The molecule has 2 aromatic rings. The highest BCUT2D eigenvalue weighted by atomic mass is 15.5. The van der Waals surface area contributed by atoms with Gasteiger partial charge in [0.25, 0.3) is 0 Å². The van der Waals surface area contributed by atoms with Gasteiger partial charge in [0.05, 0.1) is 12.2 Å². The molecule has 16 heavy (non-hydrogen) atoms. The summed E-state index contributed by atoms with van der Waals surface area (Å²) in [5.74, 6) is 0.779. The number of hydrogen-bond donors (Lipinski definition) is 1. The van der Waals surface area contributed by atoms with Crippen LogP contribution in [0.25, 0.3) is 11.5 Å². The zero-order valence-corrected chi connectivity index (χ0v) is 9.04. The fourth-order valence-electron chi connectivity index (χ4n) is 1.70. The monoisotopic (exact) mass is 219 g/mol. The molecule has 1 aliphatic heterocycles. The summed E-state index contributed by atoms with van der Waals surface area (Å²) in [4.78, 5) is 0. The maximum Gasteiger partial charge on any atom is 0.185 e. The predicted octanol–water partition coefficient (Wildman–Crippen LogP) is -0.299. The molecular formula is C9H13N7. The number of aromatic nitrogens is 6. The van der Waals surface area contributed by atoms with Crippen molar-refractivity contribution in [2.24, 2.45) is 0 Å². The highest BCUT2D eigenvalue weighted by Gasteiger charge is 2.21. The van der Waals surface area contributed by atoms with Crippen molar-refractivity contribution in [3.05, 3.63) is 12.5 Å². The summed E-state index contributed by atoms with van der Waals surface area (Å²) >= 11 is 0. The van der Waals surface area contributed by atoms with Crippen molar-refractivity contribution in [1.29, 1.82) is 0 Å². The zero-order chi connectivity index (χ0) is 11.0. The van der Waals surface area contributed by atoms with Gasteiger partial charge in [0.2, 0.25) is 0 Å². The van der Waals surface area contributed by atoms with E-state index in [4.69, 9.17) is 0 Å². The first-order valence-electron chi connectivity index (χ1n) is 5.39. The molecule has 1 aliphatic rings. The van der Waals surface area contributed by atoms with Crippen LogP contribution in [0.3, 0.4) is 0 Å². The zero-order valence-electron chi connectivity index (χ0n) is 9.04. The third-order valence-corrected chi connectivity index (χ3v) is 2.83. The molecule has 7 heteroatoms. The standard InChI is InChI=1S/C9H13N7/c1-2-15-6-11-13-9(15)8-5-16(14-12-8)7-3-10-4-7/h5-7,10H,2-4H2,1H3. The molecule has 1 N–H and O–H groups in total. The van der Waals surface area contributed by atoms with Crippen molar-refractivity contribution >= 4 is 0 Å². The van der Waals surface area contributed by atoms with Gasteiger partial charge in [-0.1, -0.05) is 5.21 Å². The average Bonchev–Trinajstić information content (AvgIpc) is 2.81. The fourth-order valence-corrected chi connectivity index (χ4v) is 1.70. The second kappa shape index (κ2) is 3.67. The summed E-state index contributed by atoms with van der Waals surface area (Å²) in [6.45, 7) is 4.81. The van der Waals surface area contributed by atoms with E-state index in [1.54, 1.807) is 6.33 Å². The highest BCUT2D eigenvalue weighted by molar-refractivity contribution is 5.46. The lowest BCUT2D eigenvalue weighted by molar-refractivity contribution is 0.313. The first-order valence-corrected chi connectivity index (χ1v) is 5.39. The first-order chi connectivity index (χ1) is 7.88. The van der Waals surface area contributed by atoms with Gasteiger partial charge in [0.1, 0.15) is 6.33 Å². The molecule has 0 unspecified atom stereocenters. The van der Waals surface area contributed by atoms with Gasteiger partial charge in [-0.15, -0.1) is 15.3 Å². The van der Waals surface area contributed by atoms with Gasteiger partial charge in [-0.05, 0) is 6.92 Å². The van der Waals surface area contributed by atoms with Crippen LogP contribution in [0.15, 0.2) is 12.5 Å². The Hall–Kier alpha value is -1.76. The number of aryl methyl sites for hydroxylation is 1. The van der Waals surface area contributed by atoms with Crippen LogP contribution in [0.5, 0.6) is 0 Å². The summed E-state index contributed by atoms with van der Waals surface area (Å²) in [6, 6.07) is 0.430. The molecule has 84 valence electrons. The van der Waals surface area contributed by atoms with Gasteiger partial charge in [0, 0.05) is 19.6 Å². The maximum absolute atomic E-state index is 4.13. The summed E-state index contributed by atoms with van der Waals surface area (Å²) in [5.41, 5.74) is 0.784. The van der Waals surface area contributed by atoms with Crippen LogP contribution < -0.4 is 5.32 Å². The van der Waals surface area contributed by atoms with Crippen molar-refractivity contribution in [2.45, 2.75) is 19.5 Å². The molecular weight excluding hydrogens is 206 g/mol. The van der Waals surface area contributed by atoms with E-state index in [1.807, 2.05) is 22.4 Å². The highest BCUT2D eigenvalue weighted by Crippen LogP contribution is 2.16. The van der Waals surface area contributed by atoms with Gasteiger partial charge >= 0.3 is 0 Å². The Morgan fingerprint density at radius 1 is 1.44 bits per heavy atom. The number of nitrogens with zero attached hydrogens (tertiary/aromatic N) is 6. The minimum Gasteiger partial charge on any atom is -0.312 e. The average molecular weight is 219 g/mol. The molecule has 2 aromatic heterocycles. The Morgan fingerprint density at radius 2 is 2.31 bits per heavy atom. The third kappa shape index (κ3) is 1.40. The molecule has 0 spiro atoms. The van der Waals surface area contributed by atoms with Crippen molar-refractivity contribution in [3.8, 4) is 11.5 Å². The van der Waals surface area contributed by atoms with Crippen LogP contribution in [0.1, 0.15) is 13.0 Å².